The van der Waals surface area contributed by atoms with Crippen LogP contribution < -0.4 is 5.32 Å². The summed E-state index contributed by atoms with van der Waals surface area (Å²) in [6.45, 7) is -6.24. The highest BCUT2D eigenvalue weighted by Gasteiger charge is 2.57. The monoisotopic (exact) mass is 1070 g/mol. The Bertz CT molecular complexity index is 1760. The standard InChI is InChI=1S/C41H68N2O30/c44-6-13(51)32(20(52)12(50)5-43-19-3-1-2-4-42-19)69-38-28(60)23(55)34(15(8-46)65-38)71-40-30(62)25(57)36(17(10-48)67-40)73-41-31(63)26(58)35(18(11-49)68-41)72-39-29(61)24(56)33(16(9-47)66-39)70-37-27(59)22(54)21(53)14(7-45)64-37/h1-4,12-18,20-41,44-63H,5-11H2,(H,42,43)/t12-,13+,14+,15+,16+,17+,18+,20+,21+,22-,23+,24+,25+,26+,27+,28+,29+,30+,31+,32+,33+,34+,35+,36+,37+,38+,39+,40+,41+/m0/s1. The fraction of sp³-hybridized carbons (Fsp3) is 0.878. The number of pyridine rings is 1. The topological polar surface area (TPSA) is 522 Å². The second kappa shape index (κ2) is 26.9. The molecule has 73 heavy (non-hydrogen) atoms. The summed E-state index contributed by atoms with van der Waals surface area (Å²) in [5.74, 6) is 0.309. The zero-order valence-corrected chi connectivity index (χ0v) is 38.5. The van der Waals surface area contributed by atoms with E-state index in [0.29, 0.717) is 5.82 Å². The summed E-state index contributed by atoms with van der Waals surface area (Å²) in [4.78, 5) is 4.01. The van der Waals surface area contributed by atoms with Gasteiger partial charge in [0.1, 0.15) is 146 Å². The molecule has 0 spiro atoms. The van der Waals surface area contributed by atoms with Gasteiger partial charge in [0.05, 0.1) is 45.7 Å². The van der Waals surface area contributed by atoms with Crippen LogP contribution in [0.2, 0.25) is 0 Å². The molecule has 0 bridgehead atoms. The molecule has 0 aliphatic carbocycles. The number of aliphatic hydroxyl groups is 20. The SMILES string of the molecule is OC[C@@H](O)[C@@H](O[C@H]1O[C@H](CO)[C@@H](O[C@H]2O[C@H](CO)[C@@H](O[C@H]3O[C@H](CO)[C@@H](O[C@H]4O[C@H](CO)[C@@H](O[C@H]5O[C@H](CO)[C@@H](O)[C@H](O)[C@H]5O)[C@H](O)[C@H]4O)[C@H](O)[C@H]3O)[C@H](O)[C@H]2O)[C@H](O)[C@H]1O)[C@H](O)[C@@H](O)CNc1ccccn1. The van der Waals surface area contributed by atoms with Gasteiger partial charge in [-0.05, 0) is 12.1 Å². The summed E-state index contributed by atoms with van der Waals surface area (Å²) in [5.41, 5.74) is 0. The van der Waals surface area contributed by atoms with Gasteiger partial charge < -0.3 is 155 Å². The lowest BCUT2D eigenvalue weighted by atomic mass is 9.95. The summed E-state index contributed by atoms with van der Waals surface area (Å²) in [6.07, 6.45) is -54.1. The van der Waals surface area contributed by atoms with E-state index in [4.69, 9.17) is 47.4 Å². The van der Waals surface area contributed by atoms with Crippen molar-refractivity contribution in [2.24, 2.45) is 0 Å². The highest BCUT2D eigenvalue weighted by Crippen LogP contribution is 2.36. The van der Waals surface area contributed by atoms with Crippen molar-refractivity contribution in [1.29, 1.82) is 0 Å². The first-order valence-electron chi connectivity index (χ1n) is 23.1. The van der Waals surface area contributed by atoms with Crippen LogP contribution in [0.4, 0.5) is 5.82 Å². The van der Waals surface area contributed by atoms with Crippen LogP contribution >= 0.6 is 0 Å². The molecular weight excluding hydrogens is 1000 g/mol. The summed E-state index contributed by atoms with van der Waals surface area (Å²) >= 11 is 0. The molecule has 21 N–H and O–H groups in total. The molecule has 0 saturated carbocycles. The number of hydrogen-bond donors (Lipinski definition) is 21. The molecule has 0 aromatic carbocycles. The van der Waals surface area contributed by atoms with Crippen molar-refractivity contribution in [3.63, 3.8) is 0 Å². The molecule has 32 nitrogen and oxygen atoms in total. The molecule has 0 amide bonds. The Hall–Kier alpha value is -2.25. The lowest BCUT2D eigenvalue weighted by Gasteiger charge is -2.49. The molecule has 0 radical (unpaired) electrons. The van der Waals surface area contributed by atoms with Crippen LogP contribution in [0.3, 0.4) is 0 Å². The quantitative estimate of drug-likeness (QED) is 0.0513. The van der Waals surface area contributed by atoms with Crippen LogP contribution in [-0.4, -0.2) is 331 Å². The van der Waals surface area contributed by atoms with E-state index in [0.717, 1.165) is 0 Å². The number of rotatable bonds is 22. The normalized spacial score (nSPS) is 45.3. The van der Waals surface area contributed by atoms with Crippen LogP contribution in [0.15, 0.2) is 24.4 Å². The summed E-state index contributed by atoms with van der Waals surface area (Å²) < 4.78 is 55.8. The van der Waals surface area contributed by atoms with E-state index < -0.39 is 218 Å². The highest BCUT2D eigenvalue weighted by atomic mass is 16.8. The number of aromatic nitrogens is 1. The smallest absolute Gasteiger partial charge is 0.187 e. The van der Waals surface area contributed by atoms with Gasteiger partial charge >= 0.3 is 0 Å². The van der Waals surface area contributed by atoms with Crippen LogP contribution in [0.1, 0.15) is 0 Å². The molecule has 0 unspecified atom stereocenters. The van der Waals surface area contributed by atoms with Crippen molar-refractivity contribution in [3.05, 3.63) is 24.4 Å². The molecule has 422 valence electrons. The summed E-state index contributed by atoms with van der Waals surface area (Å²) in [5, 5.41) is 215. The van der Waals surface area contributed by atoms with Gasteiger partial charge in [-0.1, -0.05) is 6.07 Å². The Morgan fingerprint density at radius 3 is 1.15 bits per heavy atom. The Morgan fingerprint density at radius 2 is 0.795 bits per heavy atom. The minimum absolute atomic E-state index is 0.309. The van der Waals surface area contributed by atoms with Crippen molar-refractivity contribution >= 4 is 5.82 Å². The van der Waals surface area contributed by atoms with Gasteiger partial charge in [-0.25, -0.2) is 4.98 Å². The zero-order valence-electron chi connectivity index (χ0n) is 38.5. The third-order valence-corrected chi connectivity index (χ3v) is 13.0. The second-order valence-corrected chi connectivity index (χ2v) is 17.9. The Morgan fingerprint density at radius 1 is 0.438 bits per heavy atom. The third kappa shape index (κ3) is 13.4. The molecule has 32 heteroatoms. The van der Waals surface area contributed by atoms with Crippen LogP contribution in [-0.2, 0) is 47.4 Å². The van der Waals surface area contributed by atoms with Gasteiger partial charge in [-0.3, -0.25) is 0 Å². The summed E-state index contributed by atoms with van der Waals surface area (Å²) in [6, 6.07) is 4.83. The number of hydrogen-bond acceptors (Lipinski definition) is 32. The van der Waals surface area contributed by atoms with Crippen molar-refractivity contribution in [2.45, 2.75) is 178 Å². The maximum Gasteiger partial charge on any atom is 0.187 e. The first-order valence-corrected chi connectivity index (χ1v) is 23.1. The van der Waals surface area contributed by atoms with Gasteiger partial charge in [-0.2, -0.15) is 0 Å². The molecule has 29 atom stereocenters. The first-order chi connectivity index (χ1) is 34.7. The van der Waals surface area contributed by atoms with Crippen LogP contribution in [0.5, 0.6) is 0 Å². The zero-order chi connectivity index (χ0) is 53.6. The molecule has 5 aliphatic heterocycles. The van der Waals surface area contributed by atoms with E-state index in [1.165, 1.54) is 6.20 Å². The average molecular weight is 1070 g/mol. The third-order valence-electron chi connectivity index (χ3n) is 13.0. The molecule has 1 aromatic heterocycles. The van der Waals surface area contributed by atoms with Gasteiger partial charge in [-0.15, -0.1) is 0 Å². The molecule has 6 heterocycles. The number of anilines is 1. The number of nitrogens with one attached hydrogen (secondary N) is 1. The molecule has 5 aliphatic rings. The van der Waals surface area contributed by atoms with E-state index in [9.17, 15) is 102 Å². The Balaban J connectivity index is 1.06. The fourth-order valence-electron chi connectivity index (χ4n) is 8.81. The van der Waals surface area contributed by atoms with Gasteiger partial charge in [0.25, 0.3) is 0 Å². The van der Waals surface area contributed by atoms with E-state index >= 15 is 0 Å². The van der Waals surface area contributed by atoms with E-state index in [1.54, 1.807) is 18.2 Å². The lowest BCUT2D eigenvalue weighted by Crippen LogP contribution is -2.68. The van der Waals surface area contributed by atoms with Crippen molar-refractivity contribution < 1.29 is 149 Å². The van der Waals surface area contributed by atoms with Gasteiger partial charge in [0.15, 0.2) is 31.5 Å². The minimum Gasteiger partial charge on any atom is -0.394 e. The lowest BCUT2D eigenvalue weighted by molar-refractivity contribution is -0.394. The predicted molar refractivity (Wildman–Crippen MR) is 227 cm³/mol. The maximum absolute atomic E-state index is 11.3. The summed E-state index contributed by atoms with van der Waals surface area (Å²) in [7, 11) is 0. The largest absolute Gasteiger partial charge is 0.394 e. The average Bonchev–Trinajstić information content (AvgIpc) is 3.39. The van der Waals surface area contributed by atoms with Crippen molar-refractivity contribution in [2.75, 3.05) is 51.5 Å². The molecule has 5 saturated heterocycles. The van der Waals surface area contributed by atoms with E-state index in [-0.39, 0.29) is 6.54 Å². The van der Waals surface area contributed by atoms with Crippen LogP contribution in [0.25, 0.3) is 0 Å². The van der Waals surface area contributed by atoms with Crippen molar-refractivity contribution in [3.8, 4) is 0 Å². The second-order valence-electron chi connectivity index (χ2n) is 17.9. The molecule has 5 fully saturated rings. The van der Waals surface area contributed by atoms with Gasteiger partial charge in [0.2, 0.25) is 0 Å². The molecular formula is C41H68N2O30. The molecule has 6 rings (SSSR count). The van der Waals surface area contributed by atoms with Crippen LogP contribution in [0, 0.1) is 0 Å². The number of aliphatic hydroxyl groups excluding tert-OH is 20. The fourth-order valence-corrected chi connectivity index (χ4v) is 8.81. The predicted octanol–water partition coefficient (Wildman–Crippen LogP) is -12.9. The number of ether oxygens (including phenoxy) is 10. The first kappa shape index (κ1) is 60.0. The van der Waals surface area contributed by atoms with Gasteiger partial charge in [0, 0.05) is 12.7 Å². The van der Waals surface area contributed by atoms with Crippen molar-refractivity contribution in [1.82, 2.24) is 4.98 Å². The van der Waals surface area contributed by atoms with E-state index in [1.807, 2.05) is 0 Å². The highest BCUT2D eigenvalue weighted by molar-refractivity contribution is 5.33. The van der Waals surface area contributed by atoms with E-state index in [2.05, 4.69) is 10.3 Å². The Kier molecular flexibility index (Phi) is 22.1. The number of nitrogens with zero attached hydrogens (tertiary/aromatic N) is 1. The molecule has 1 aromatic rings. The minimum atomic E-state index is -2.19. The maximum atomic E-state index is 11.3. The Labute approximate surface area is 413 Å².